The summed E-state index contributed by atoms with van der Waals surface area (Å²) in [5.74, 6) is 0.414. The van der Waals surface area contributed by atoms with Crippen LogP contribution in [0.3, 0.4) is 0 Å². The average Bonchev–Trinajstić information content (AvgIpc) is 3.08. The SMILES string of the molecule is NC(=O)c1cc(CN(C(=O)O)C2C3CN(c4ccc5cc(F)ccc5n4)CC32)on1. The van der Waals surface area contributed by atoms with Crippen LogP contribution in [0.4, 0.5) is 15.0 Å². The van der Waals surface area contributed by atoms with Gasteiger partial charge in [-0.15, -0.1) is 0 Å². The quantitative estimate of drug-likeness (QED) is 0.658. The van der Waals surface area contributed by atoms with Crippen LogP contribution in [0.2, 0.25) is 0 Å². The van der Waals surface area contributed by atoms with Gasteiger partial charge >= 0.3 is 6.09 Å². The van der Waals surface area contributed by atoms with E-state index in [2.05, 4.69) is 15.0 Å². The molecule has 1 saturated heterocycles. The molecule has 1 saturated carbocycles. The molecule has 0 radical (unpaired) electrons. The maximum absolute atomic E-state index is 13.4. The van der Waals surface area contributed by atoms with Gasteiger partial charge in [0.05, 0.1) is 12.1 Å². The lowest BCUT2D eigenvalue weighted by Gasteiger charge is -2.25. The Bertz CT molecular complexity index is 1150. The number of halogens is 1. The molecule has 0 bridgehead atoms. The highest BCUT2D eigenvalue weighted by molar-refractivity contribution is 5.90. The average molecular weight is 411 g/mol. The van der Waals surface area contributed by atoms with E-state index in [0.717, 1.165) is 11.2 Å². The number of rotatable bonds is 5. The molecule has 3 N–H and O–H groups in total. The second-order valence-electron chi connectivity index (χ2n) is 7.68. The van der Waals surface area contributed by atoms with Crippen LogP contribution in [0, 0.1) is 17.7 Å². The molecule has 3 heterocycles. The molecule has 1 aromatic carbocycles. The molecule has 2 aliphatic rings. The summed E-state index contributed by atoms with van der Waals surface area (Å²) in [5, 5.41) is 13.9. The molecule has 3 aromatic rings. The summed E-state index contributed by atoms with van der Waals surface area (Å²) < 4.78 is 18.4. The number of primary amides is 1. The summed E-state index contributed by atoms with van der Waals surface area (Å²) >= 11 is 0. The Morgan fingerprint density at radius 1 is 1.23 bits per heavy atom. The molecule has 1 aliphatic carbocycles. The molecule has 30 heavy (non-hydrogen) atoms. The zero-order valence-corrected chi connectivity index (χ0v) is 15.7. The Balaban J connectivity index is 1.28. The highest BCUT2D eigenvalue weighted by atomic mass is 19.1. The number of carbonyl (C=O) groups is 2. The number of hydrogen-bond acceptors (Lipinski definition) is 6. The van der Waals surface area contributed by atoms with E-state index in [4.69, 9.17) is 10.3 Å². The molecule has 2 aromatic heterocycles. The van der Waals surface area contributed by atoms with Crippen molar-refractivity contribution in [3.8, 4) is 0 Å². The molecule has 5 rings (SSSR count). The number of piperidine rings is 1. The van der Waals surface area contributed by atoms with Crippen molar-refractivity contribution in [1.29, 1.82) is 0 Å². The standard InChI is InChI=1S/C20H18FN5O4/c21-11-2-3-15-10(5-11)1-4-17(23-15)25-8-13-14(9-25)18(13)26(20(28)29)7-12-6-16(19(22)27)24-30-12/h1-6,13-14,18H,7-9H2,(H2,22,27)(H,28,29). The first-order valence-corrected chi connectivity index (χ1v) is 9.47. The van der Waals surface area contributed by atoms with E-state index in [9.17, 15) is 19.1 Å². The lowest BCUT2D eigenvalue weighted by molar-refractivity contribution is 0.0990. The van der Waals surface area contributed by atoms with E-state index < -0.39 is 12.0 Å². The number of carbonyl (C=O) groups excluding carboxylic acids is 1. The summed E-state index contributed by atoms with van der Waals surface area (Å²) in [5.41, 5.74) is 5.84. The van der Waals surface area contributed by atoms with Crippen LogP contribution in [-0.2, 0) is 6.54 Å². The van der Waals surface area contributed by atoms with Crippen LogP contribution in [0.25, 0.3) is 10.9 Å². The van der Waals surface area contributed by atoms with Gasteiger partial charge in [-0.2, -0.15) is 0 Å². The number of amides is 2. The van der Waals surface area contributed by atoms with Crippen LogP contribution in [0.1, 0.15) is 16.2 Å². The molecular weight excluding hydrogens is 393 g/mol. The third-order valence-corrected chi connectivity index (χ3v) is 5.85. The zero-order valence-electron chi connectivity index (χ0n) is 15.7. The summed E-state index contributed by atoms with van der Waals surface area (Å²) in [4.78, 5) is 31.0. The highest BCUT2D eigenvalue weighted by Gasteiger charge is 2.60. The van der Waals surface area contributed by atoms with Crippen molar-refractivity contribution in [1.82, 2.24) is 15.0 Å². The first kappa shape index (κ1) is 18.3. The molecule has 10 heteroatoms. The summed E-state index contributed by atoms with van der Waals surface area (Å²) in [7, 11) is 0. The number of benzene rings is 1. The predicted molar refractivity (Wildman–Crippen MR) is 103 cm³/mol. The fraction of sp³-hybridized carbons (Fsp3) is 0.300. The smallest absolute Gasteiger partial charge is 0.407 e. The first-order valence-electron chi connectivity index (χ1n) is 9.47. The summed E-state index contributed by atoms with van der Waals surface area (Å²) in [6.07, 6.45) is -1.05. The van der Waals surface area contributed by atoms with Crippen molar-refractivity contribution >= 4 is 28.7 Å². The second kappa shape index (κ2) is 6.68. The Morgan fingerprint density at radius 3 is 2.67 bits per heavy atom. The van der Waals surface area contributed by atoms with Gasteiger partial charge in [-0.25, -0.2) is 14.2 Å². The van der Waals surface area contributed by atoms with E-state index in [1.165, 1.54) is 23.1 Å². The summed E-state index contributed by atoms with van der Waals surface area (Å²) in [6.45, 7) is 1.37. The number of nitrogens with two attached hydrogens (primary N) is 1. The van der Waals surface area contributed by atoms with Crippen LogP contribution >= 0.6 is 0 Å². The van der Waals surface area contributed by atoms with E-state index in [1.807, 2.05) is 12.1 Å². The molecule has 2 atom stereocenters. The van der Waals surface area contributed by atoms with Gasteiger partial charge in [0, 0.05) is 42.4 Å². The number of carboxylic acid groups (broad SMARTS) is 1. The van der Waals surface area contributed by atoms with Crippen LogP contribution in [0.5, 0.6) is 0 Å². The normalized spacial score (nSPS) is 22.2. The van der Waals surface area contributed by atoms with E-state index in [-0.39, 0.29) is 41.7 Å². The van der Waals surface area contributed by atoms with E-state index in [1.54, 1.807) is 6.07 Å². The van der Waals surface area contributed by atoms with Crippen LogP contribution in [0.15, 0.2) is 40.9 Å². The maximum atomic E-state index is 13.4. The van der Waals surface area contributed by atoms with Crippen LogP contribution in [-0.4, -0.2) is 51.3 Å². The molecule has 2 amide bonds. The van der Waals surface area contributed by atoms with E-state index >= 15 is 0 Å². The number of anilines is 1. The van der Waals surface area contributed by atoms with Crippen molar-refractivity contribution in [2.24, 2.45) is 17.6 Å². The van der Waals surface area contributed by atoms with Gasteiger partial charge < -0.3 is 20.3 Å². The van der Waals surface area contributed by atoms with Gasteiger partial charge in [-0.3, -0.25) is 9.69 Å². The highest BCUT2D eigenvalue weighted by Crippen LogP contribution is 2.50. The molecule has 154 valence electrons. The second-order valence-corrected chi connectivity index (χ2v) is 7.68. The molecule has 0 spiro atoms. The number of hydrogen-bond donors (Lipinski definition) is 2. The predicted octanol–water partition coefficient (Wildman–Crippen LogP) is 2.08. The van der Waals surface area contributed by atoms with Gasteiger partial charge in [0.25, 0.3) is 5.91 Å². The lowest BCUT2D eigenvalue weighted by Crippen LogP contribution is -2.37. The van der Waals surface area contributed by atoms with Crippen molar-refractivity contribution in [3.05, 3.63) is 53.7 Å². The zero-order chi connectivity index (χ0) is 21.0. The van der Waals surface area contributed by atoms with Crippen molar-refractivity contribution < 1.29 is 23.6 Å². The topological polar surface area (TPSA) is 126 Å². The Hall–Kier alpha value is -3.69. The maximum Gasteiger partial charge on any atom is 0.407 e. The first-order chi connectivity index (χ1) is 14.4. The van der Waals surface area contributed by atoms with Gasteiger partial charge in [-0.1, -0.05) is 5.16 Å². The van der Waals surface area contributed by atoms with Gasteiger partial charge in [0.15, 0.2) is 11.5 Å². The third kappa shape index (κ3) is 3.10. The molecule has 2 fully saturated rings. The fourth-order valence-corrected chi connectivity index (χ4v) is 4.38. The number of pyridine rings is 1. The molecule has 2 unspecified atom stereocenters. The molecule has 1 aliphatic heterocycles. The minimum atomic E-state index is -1.05. The van der Waals surface area contributed by atoms with Crippen LogP contribution < -0.4 is 10.6 Å². The van der Waals surface area contributed by atoms with Crippen molar-refractivity contribution in [3.63, 3.8) is 0 Å². The largest absolute Gasteiger partial charge is 0.465 e. The molecular formula is C20H18FN5O4. The molecule has 9 nitrogen and oxygen atoms in total. The lowest BCUT2D eigenvalue weighted by atomic mass is 10.2. The summed E-state index contributed by atoms with van der Waals surface area (Å²) in [6, 6.07) is 9.41. The monoisotopic (exact) mass is 411 g/mol. The Kier molecular flexibility index (Phi) is 4.09. The van der Waals surface area contributed by atoms with Gasteiger partial charge in [-0.05, 0) is 30.3 Å². The fourth-order valence-electron chi connectivity index (χ4n) is 4.38. The number of fused-ring (bicyclic) bond motifs is 2. The number of nitrogens with zero attached hydrogens (tertiary/aromatic N) is 4. The van der Waals surface area contributed by atoms with Crippen molar-refractivity contribution in [2.45, 2.75) is 12.6 Å². The Morgan fingerprint density at radius 2 is 2.00 bits per heavy atom. The van der Waals surface area contributed by atoms with E-state index in [0.29, 0.717) is 18.6 Å². The Labute approximate surface area is 169 Å². The van der Waals surface area contributed by atoms with Crippen molar-refractivity contribution in [2.75, 3.05) is 18.0 Å². The van der Waals surface area contributed by atoms with Gasteiger partial charge in [0.1, 0.15) is 11.6 Å². The van der Waals surface area contributed by atoms with Gasteiger partial charge in [0.2, 0.25) is 0 Å². The third-order valence-electron chi connectivity index (χ3n) is 5.85. The minimum absolute atomic E-state index is 0.00701. The minimum Gasteiger partial charge on any atom is -0.465 e. The number of aromatic nitrogens is 2.